The molecule has 0 aliphatic heterocycles. The van der Waals surface area contributed by atoms with Crippen molar-refractivity contribution in [3.05, 3.63) is 0 Å². The van der Waals surface area contributed by atoms with Gasteiger partial charge in [-0.15, -0.1) is 0 Å². The molecule has 0 N–H and O–H groups in total. The predicted octanol–water partition coefficient (Wildman–Crippen LogP) is 0.445. The molecule has 0 fully saturated rings. The van der Waals surface area contributed by atoms with Gasteiger partial charge in [-0.2, -0.15) is 0 Å². The fourth-order valence-corrected chi connectivity index (χ4v) is 0. The van der Waals surface area contributed by atoms with Crippen molar-refractivity contribution in [2.24, 2.45) is 0 Å². The molecule has 0 aromatic heterocycles. The molecule has 6 heavy (non-hydrogen) atoms. The summed E-state index contributed by atoms with van der Waals surface area (Å²) >= 11 is 0. The number of rotatable bonds is 1. The molecule has 0 atom stereocenters. The van der Waals surface area contributed by atoms with E-state index in [0.717, 1.165) is 0 Å². The van der Waals surface area contributed by atoms with Crippen LogP contribution in [0.25, 0.3) is 0 Å². The summed E-state index contributed by atoms with van der Waals surface area (Å²) in [5, 5.41) is 0. The van der Waals surface area contributed by atoms with Gasteiger partial charge in [-0.05, 0) is 0 Å². The quantitative estimate of drug-likeness (QED) is 0.402. The molecular weight excluding hydrogens is 75.5 g/mol. The Kier molecular flexibility index (Phi) is 2.37. The lowest BCUT2D eigenvalue weighted by atomic mass is 9.12. The molecule has 0 spiro atoms. The maximum Gasteiger partial charge on any atom is 0.257 e. The summed E-state index contributed by atoms with van der Waals surface area (Å²) in [5.74, 6) is 0. The van der Waals surface area contributed by atoms with Gasteiger partial charge < -0.3 is 4.32 Å². The van der Waals surface area contributed by atoms with E-state index >= 15 is 0 Å². The molecule has 4 heteroatoms. The first-order chi connectivity index (χ1) is 2.64. The molecule has 0 heterocycles. The van der Waals surface area contributed by atoms with Crippen LogP contribution in [0.2, 0.25) is 13.6 Å². The van der Waals surface area contributed by atoms with Gasteiger partial charge in [-0.1, -0.05) is 13.6 Å². The molecule has 0 bridgehead atoms. The highest BCUT2D eigenvalue weighted by Gasteiger charge is 2.10. The predicted molar refractivity (Wildman–Crippen MR) is 30.1 cm³/mol. The average molecular weight is 81.5 g/mol. The number of hydrogen-bond acceptors (Lipinski definition) is 0. The van der Waals surface area contributed by atoms with Gasteiger partial charge in [0.15, 0.2) is 0 Å². The lowest BCUT2D eigenvalue weighted by Crippen LogP contribution is -2.24. The van der Waals surface area contributed by atoms with E-state index in [9.17, 15) is 4.32 Å². The van der Waals surface area contributed by atoms with E-state index in [4.69, 9.17) is 7.74 Å². The first-order valence-electron chi connectivity index (χ1n) is 2.04. The lowest BCUT2D eigenvalue weighted by Gasteiger charge is -1.92. The average Bonchev–Trinajstić information content (AvgIpc) is 1.36. The van der Waals surface area contributed by atoms with Crippen LogP contribution in [0.4, 0.5) is 4.32 Å². The van der Waals surface area contributed by atoms with Crippen LogP contribution < -0.4 is 0 Å². The Hall–Kier alpha value is 0.125. The van der Waals surface area contributed by atoms with Crippen LogP contribution in [0.1, 0.15) is 0 Å². The third-order valence-corrected chi connectivity index (χ3v) is 0.637. The SMILES string of the molecule is [B]B(F)B(C)C. The van der Waals surface area contributed by atoms with E-state index in [2.05, 4.69) is 0 Å². The Morgan fingerprint density at radius 1 is 1.50 bits per heavy atom. The van der Waals surface area contributed by atoms with Gasteiger partial charge in [-0.25, -0.2) is 0 Å². The molecule has 0 unspecified atom stereocenters. The van der Waals surface area contributed by atoms with Crippen LogP contribution in [0, 0.1) is 0 Å². The van der Waals surface area contributed by atoms with Crippen LogP contribution in [-0.4, -0.2) is 21.1 Å². The highest BCUT2D eigenvalue weighted by molar-refractivity contribution is 7.37. The molecule has 0 aliphatic rings. The second-order valence-electron chi connectivity index (χ2n) is 1.69. The minimum atomic E-state index is -1.15. The van der Waals surface area contributed by atoms with Crippen molar-refractivity contribution >= 4 is 21.1 Å². The van der Waals surface area contributed by atoms with Crippen molar-refractivity contribution in [2.75, 3.05) is 0 Å². The zero-order valence-corrected chi connectivity index (χ0v) is 4.11. The molecule has 0 saturated carbocycles. The largest absolute Gasteiger partial charge is 0.359 e. The molecule has 0 aromatic rings. The van der Waals surface area contributed by atoms with Crippen molar-refractivity contribution in [1.29, 1.82) is 0 Å². The Balaban J connectivity index is 2.99. The normalized spacial score (nSPS) is 7.83. The van der Waals surface area contributed by atoms with Crippen molar-refractivity contribution in [2.45, 2.75) is 13.6 Å². The van der Waals surface area contributed by atoms with Gasteiger partial charge in [-0.3, -0.25) is 0 Å². The third kappa shape index (κ3) is 2.37. The molecule has 0 saturated heterocycles. The standard InChI is InChI=1S/C2H6B3F/c1-4(2)5(3)6/h1-2H3. The molecule has 0 amide bonds. The van der Waals surface area contributed by atoms with E-state index in [-0.39, 0.29) is 6.60 Å². The summed E-state index contributed by atoms with van der Waals surface area (Å²) in [6.45, 7) is 2.30. The maximum atomic E-state index is 11.6. The van der Waals surface area contributed by atoms with Crippen LogP contribution in [-0.2, 0) is 0 Å². The van der Waals surface area contributed by atoms with E-state index in [1.807, 2.05) is 0 Å². The van der Waals surface area contributed by atoms with Gasteiger partial charge in [0.25, 0.3) is 6.77 Å². The summed E-state index contributed by atoms with van der Waals surface area (Å²) in [4.78, 5) is 0. The van der Waals surface area contributed by atoms with Crippen LogP contribution in [0.15, 0.2) is 0 Å². The van der Waals surface area contributed by atoms with Crippen molar-refractivity contribution < 1.29 is 4.32 Å². The smallest absolute Gasteiger partial charge is 0.257 e. The van der Waals surface area contributed by atoms with Crippen molar-refractivity contribution in [3.63, 3.8) is 0 Å². The van der Waals surface area contributed by atoms with Crippen LogP contribution in [0.5, 0.6) is 0 Å². The van der Waals surface area contributed by atoms with E-state index in [1.165, 1.54) is 0 Å². The first kappa shape index (κ1) is 6.12. The summed E-state index contributed by atoms with van der Waals surface area (Å²) in [5.41, 5.74) is 0. The molecule has 2 radical (unpaired) electrons. The second kappa shape index (κ2) is 2.32. The third-order valence-electron chi connectivity index (χ3n) is 0.637. The molecule has 0 aliphatic carbocycles. The minimum absolute atomic E-state index is 0.0370. The molecule has 0 aromatic carbocycles. The highest BCUT2D eigenvalue weighted by Crippen LogP contribution is 1.83. The first-order valence-corrected chi connectivity index (χ1v) is 2.04. The topological polar surface area (TPSA) is 0 Å². The molecule has 0 rings (SSSR count). The molecular formula is C2H6B3F. The van der Waals surface area contributed by atoms with Gasteiger partial charge >= 0.3 is 0 Å². The van der Waals surface area contributed by atoms with Crippen LogP contribution in [0.3, 0.4) is 0 Å². The summed E-state index contributed by atoms with van der Waals surface area (Å²) in [6.07, 6.45) is 0. The van der Waals surface area contributed by atoms with Gasteiger partial charge in [0.2, 0.25) is 0 Å². The maximum absolute atomic E-state index is 11.6. The van der Waals surface area contributed by atoms with E-state index < -0.39 is 6.77 Å². The second-order valence-corrected chi connectivity index (χ2v) is 1.69. The Morgan fingerprint density at radius 3 is 1.67 bits per heavy atom. The van der Waals surface area contributed by atoms with Crippen molar-refractivity contribution in [1.82, 2.24) is 0 Å². The van der Waals surface area contributed by atoms with Crippen LogP contribution >= 0.6 is 0 Å². The Morgan fingerprint density at radius 2 is 1.67 bits per heavy atom. The van der Waals surface area contributed by atoms with E-state index in [1.54, 1.807) is 13.6 Å². The zero-order chi connectivity index (χ0) is 5.15. The minimum Gasteiger partial charge on any atom is -0.359 e. The summed E-state index contributed by atoms with van der Waals surface area (Å²) in [7, 11) is 4.77. The fourth-order valence-electron chi connectivity index (χ4n) is 0. The van der Waals surface area contributed by atoms with Gasteiger partial charge in [0, 0.05) is 0 Å². The Labute approximate surface area is 40.1 Å². The summed E-state index contributed by atoms with van der Waals surface area (Å²) in [6, 6.07) is 0. The number of halogens is 1. The fraction of sp³-hybridized carbons (Fsp3) is 1.00. The zero-order valence-electron chi connectivity index (χ0n) is 4.11. The molecule has 0 nitrogen and oxygen atoms in total. The number of hydrogen-bond donors (Lipinski definition) is 0. The summed E-state index contributed by atoms with van der Waals surface area (Å²) < 4.78 is 11.6. The Bertz CT molecular complexity index is 29.8. The van der Waals surface area contributed by atoms with E-state index in [0.29, 0.717) is 0 Å². The van der Waals surface area contributed by atoms with Crippen molar-refractivity contribution in [3.8, 4) is 0 Å². The highest BCUT2D eigenvalue weighted by atomic mass is 19.1. The van der Waals surface area contributed by atoms with Gasteiger partial charge in [0.05, 0.1) is 7.74 Å². The lowest BCUT2D eigenvalue weighted by molar-refractivity contribution is 0.881. The molecule has 30 valence electrons. The monoisotopic (exact) mass is 82.1 g/mol. The van der Waals surface area contributed by atoms with Gasteiger partial charge in [0.1, 0.15) is 6.60 Å².